The summed E-state index contributed by atoms with van der Waals surface area (Å²) in [6.07, 6.45) is 1.96. The molecule has 0 saturated carbocycles. The van der Waals surface area contributed by atoms with Crippen LogP contribution in [-0.2, 0) is 15.1 Å². The van der Waals surface area contributed by atoms with Crippen LogP contribution in [0.1, 0.15) is 25.3 Å². The first-order chi connectivity index (χ1) is 9.89. The molecule has 1 heterocycles. The molecule has 2 rings (SSSR count). The summed E-state index contributed by atoms with van der Waals surface area (Å²) in [6, 6.07) is 9.03. The fourth-order valence-electron chi connectivity index (χ4n) is 2.98. The van der Waals surface area contributed by atoms with E-state index in [1.165, 1.54) is 0 Å². The van der Waals surface area contributed by atoms with Gasteiger partial charge in [-0.25, -0.2) is 4.79 Å². The molecular formula is C16H24N2O3. The normalized spacial score (nSPS) is 26.2. The van der Waals surface area contributed by atoms with E-state index in [2.05, 4.69) is 11.8 Å². The third kappa shape index (κ3) is 3.43. The van der Waals surface area contributed by atoms with Crippen molar-refractivity contribution in [2.75, 3.05) is 26.7 Å². The monoisotopic (exact) mass is 292 g/mol. The highest BCUT2D eigenvalue weighted by atomic mass is 16.5. The second kappa shape index (κ2) is 6.13. The Morgan fingerprint density at radius 2 is 2.14 bits per heavy atom. The molecule has 0 bridgehead atoms. The Bertz CT molecular complexity index is 494. The molecule has 0 radical (unpaired) electrons. The molecule has 5 heteroatoms. The standard InChI is InChI=1S/C16H24N2O3/c1-15(21-2)9-6-10-18(11-15)12-16(17,14(19)20)13-7-4-3-5-8-13/h3-5,7-8H,6,9-12,17H2,1-2H3,(H,19,20). The van der Waals surface area contributed by atoms with Crippen molar-refractivity contribution in [3.05, 3.63) is 35.9 Å². The number of nitrogens with two attached hydrogens (primary N) is 1. The molecule has 0 amide bonds. The molecule has 2 unspecified atom stereocenters. The number of hydrogen-bond donors (Lipinski definition) is 2. The fourth-order valence-corrected chi connectivity index (χ4v) is 2.98. The predicted octanol–water partition coefficient (Wildman–Crippen LogP) is 1.43. The molecule has 0 spiro atoms. The van der Waals surface area contributed by atoms with E-state index >= 15 is 0 Å². The number of hydrogen-bond acceptors (Lipinski definition) is 4. The van der Waals surface area contributed by atoms with Gasteiger partial charge in [0.2, 0.25) is 0 Å². The summed E-state index contributed by atoms with van der Waals surface area (Å²) < 4.78 is 5.56. The van der Waals surface area contributed by atoms with Crippen molar-refractivity contribution in [2.24, 2.45) is 5.73 Å². The maximum atomic E-state index is 11.7. The van der Waals surface area contributed by atoms with Crippen molar-refractivity contribution >= 4 is 5.97 Å². The Balaban J connectivity index is 2.19. The van der Waals surface area contributed by atoms with Crippen molar-refractivity contribution in [1.29, 1.82) is 0 Å². The Morgan fingerprint density at radius 3 is 2.71 bits per heavy atom. The molecule has 5 nitrogen and oxygen atoms in total. The van der Waals surface area contributed by atoms with Gasteiger partial charge in [-0.3, -0.25) is 4.90 Å². The van der Waals surface area contributed by atoms with Crippen LogP contribution in [0.4, 0.5) is 0 Å². The minimum absolute atomic E-state index is 0.228. The van der Waals surface area contributed by atoms with E-state index in [9.17, 15) is 9.90 Å². The maximum absolute atomic E-state index is 11.7. The first kappa shape index (κ1) is 15.9. The van der Waals surface area contributed by atoms with Gasteiger partial charge in [0.1, 0.15) is 0 Å². The highest BCUT2D eigenvalue weighted by molar-refractivity contribution is 5.80. The largest absolute Gasteiger partial charge is 0.480 e. The van der Waals surface area contributed by atoms with Crippen LogP contribution in [0.3, 0.4) is 0 Å². The van der Waals surface area contributed by atoms with E-state index in [1.54, 1.807) is 19.2 Å². The quantitative estimate of drug-likeness (QED) is 0.858. The lowest BCUT2D eigenvalue weighted by Gasteiger charge is -2.42. The fraction of sp³-hybridized carbons (Fsp3) is 0.562. The molecule has 0 aliphatic carbocycles. The van der Waals surface area contributed by atoms with Gasteiger partial charge in [0.15, 0.2) is 5.54 Å². The number of carboxylic acids is 1. The predicted molar refractivity (Wildman–Crippen MR) is 81.0 cm³/mol. The number of benzene rings is 1. The lowest BCUT2D eigenvalue weighted by Crippen LogP contribution is -2.57. The molecule has 1 fully saturated rings. The zero-order valence-electron chi connectivity index (χ0n) is 12.7. The molecule has 3 N–H and O–H groups in total. The number of aliphatic carboxylic acids is 1. The first-order valence-electron chi connectivity index (χ1n) is 7.25. The Morgan fingerprint density at radius 1 is 1.48 bits per heavy atom. The van der Waals surface area contributed by atoms with E-state index in [0.29, 0.717) is 12.1 Å². The number of piperidine rings is 1. The van der Waals surface area contributed by atoms with Gasteiger partial charge < -0.3 is 15.6 Å². The number of methoxy groups -OCH3 is 1. The van der Waals surface area contributed by atoms with Crippen LogP contribution < -0.4 is 5.73 Å². The minimum Gasteiger partial charge on any atom is -0.480 e. The second-order valence-electron chi connectivity index (χ2n) is 6.11. The molecule has 21 heavy (non-hydrogen) atoms. The highest BCUT2D eigenvalue weighted by Crippen LogP contribution is 2.27. The van der Waals surface area contributed by atoms with Crippen molar-refractivity contribution in [2.45, 2.75) is 30.9 Å². The molecule has 1 aliphatic heterocycles. The van der Waals surface area contributed by atoms with E-state index < -0.39 is 11.5 Å². The molecule has 1 aromatic carbocycles. The summed E-state index contributed by atoms with van der Waals surface area (Å²) in [4.78, 5) is 13.8. The summed E-state index contributed by atoms with van der Waals surface area (Å²) in [6.45, 7) is 3.88. The van der Waals surface area contributed by atoms with Gasteiger partial charge in [0, 0.05) is 20.2 Å². The second-order valence-corrected chi connectivity index (χ2v) is 6.11. The van der Waals surface area contributed by atoms with Crippen molar-refractivity contribution in [1.82, 2.24) is 4.90 Å². The molecule has 1 saturated heterocycles. The van der Waals surface area contributed by atoms with Gasteiger partial charge in [-0.2, -0.15) is 0 Å². The number of carboxylic acid groups (broad SMARTS) is 1. The maximum Gasteiger partial charge on any atom is 0.329 e. The van der Waals surface area contributed by atoms with Gasteiger partial charge in [-0.15, -0.1) is 0 Å². The average Bonchev–Trinajstić information content (AvgIpc) is 2.48. The van der Waals surface area contributed by atoms with Gasteiger partial charge in [0.05, 0.1) is 5.60 Å². The van der Waals surface area contributed by atoms with Crippen LogP contribution in [0, 0.1) is 0 Å². The van der Waals surface area contributed by atoms with E-state index in [0.717, 1.165) is 19.4 Å². The third-order valence-electron chi connectivity index (χ3n) is 4.37. The molecule has 1 aliphatic rings. The molecule has 2 atom stereocenters. The number of ether oxygens (including phenoxy) is 1. The van der Waals surface area contributed by atoms with Gasteiger partial charge >= 0.3 is 5.97 Å². The molecule has 116 valence electrons. The lowest BCUT2D eigenvalue weighted by molar-refractivity contribution is -0.145. The van der Waals surface area contributed by atoms with E-state index in [-0.39, 0.29) is 12.1 Å². The van der Waals surface area contributed by atoms with Crippen LogP contribution in [0.5, 0.6) is 0 Å². The molecule has 1 aromatic rings. The van der Waals surface area contributed by atoms with Crippen LogP contribution in [-0.4, -0.2) is 48.3 Å². The highest BCUT2D eigenvalue weighted by Gasteiger charge is 2.40. The van der Waals surface area contributed by atoms with Crippen molar-refractivity contribution in [3.8, 4) is 0 Å². The Labute approximate surface area is 125 Å². The summed E-state index contributed by atoms with van der Waals surface area (Å²) >= 11 is 0. The lowest BCUT2D eigenvalue weighted by atomic mass is 9.88. The number of rotatable bonds is 5. The van der Waals surface area contributed by atoms with Gasteiger partial charge in [0.25, 0.3) is 0 Å². The summed E-state index contributed by atoms with van der Waals surface area (Å²) in [5, 5.41) is 9.62. The topological polar surface area (TPSA) is 75.8 Å². The van der Waals surface area contributed by atoms with Gasteiger partial charge in [-0.1, -0.05) is 30.3 Å². The van der Waals surface area contributed by atoms with Gasteiger partial charge in [-0.05, 0) is 31.9 Å². The smallest absolute Gasteiger partial charge is 0.329 e. The summed E-state index contributed by atoms with van der Waals surface area (Å²) in [5.41, 5.74) is 5.24. The minimum atomic E-state index is -1.40. The van der Waals surface area contributed by atoms with Crippen LogP contribution >= 0.6 is 0 Å². The number of carbonyl (C=O) groups is 1. The first-order valence-corrected chi connectivity index (χ1v) is 7.25. The number of nitrogens with zero attached hydrogens (tertiary/aromatic N) is 1. The van der Waals surface area contributed by atoms with Crippen LogP contribution in [0.15, 0.2) is 30.3 Å². The zero-order valence-corrected chi connectivity index (χ0v) is 12.7. The summed E-state index contributed by atoms with van der Waals surface area (Å²) in [7, 11) is 1.70. The SMILES string of the molecule is COC1(C)CCCN(CC(N)(C(=O)O)c2ccccc2)C1. The Hall–Kier alpha value is -1.43. The molecule has 0 aromatic heterocycles. The Kier molecular flexibility index (Phi) is 4.66. The van der Waals surface area contributed by atoms with Crippen molar-refractivity contribution in [3.63, 3.8) is 0 Å². The number of likely N-dealkylation sites (tertiary alicyclic amines) is 1. The van der Waals surface area contributed by atoms with Crippen molar-refractivity contribution < 1.29 is 14.6 Å². The van der Waals surface area contributed by atoms with Crippen LogP contribution in [0.25, 0.3) is 0 Å². The van der Waals surface area contributed by atoms with Crippen LogP contribution in [0.2, 0.25) is 0 Å². The van der Waals surface area contributed by atoms with E-state index in [4.69, 9.17) is 10.5 Å². The molecular weight excluding hydrogens is 268 g/mol. The summed E-state index contributed by atoms with van der Waals surface area (Å²) in [5.74, 6) is -1.00. The zero-order chi connectivity index (χ0) is 15.5. The average molecular weight is 292 g/mol. The third-order valence-corrected chi connectivity index (χ3v) is 4.37. The van der Waals surface area contributed by atoms with E-state index in [1.807, 2.05) is 18.2 Å².